The Labute approximate surface area is 111 Å². The Morgan fingerprint density at radius 1 is 0.833 bits per heavy atom. The van der Waals surface area contributed by atoms with Gasteiger partial charge in [0.25, 0.3) is 0 Å². The maximum absolute atomic E-state index is 4.04. The fourth-order valence-electron chi connectivity index (χ4n) is 1.52. The van der Waals surface area contributed by atoms with Crippen molar-refractivity contribution in [2.75, 3.05) is 39.3 Å². The molecule has 4 N–H and O–H groups in total. The molecule has 1 saturated heterocycles. The molecular formula is C12H25N6+. The number of hydrogen-bond acceptors (Lipinski definition) is 6. The summed E-state index contributed by atoms with van der Waals surface area (Å²) >= 11 is 0. The van der Waals surface area contributed by atoms with Crippen molar-refractivity contribution in [2.45, 2.75) is 13.8 Å². The third-order valence-electron chi connectivity index (χ3n) is 2.48. The maximum Gasteiger partial charge on any atom is 1.00 e. The number of amidine groups is 2. The van der Waals surface area contributed by atoms with Gasteiger partial charge in [-0.05, 0) is 13.8 Å². The number of nitrogens with one attached hydrogen (secondary N) is 4. The maximum atomic E-state index is 4.04. The van der Waals surface area contributed by atoms with Gasteiger partial charge in [-0.1, -0.05) is 6.58 Å². The van der Waals surface area contributed by atoms with Crippen LogP contribution in [0.1, 0.15) is 15.3 Å². The molecule has 6 heteroatoms. The second-order valence-corrected chi connectivity index (χ2v) is 4.12. The van der Waals surface area contributed by atoms with Crippen LogP contribution >= 0.6 is 0 Å². The smallest absolute Gasteiger partial charge is 0.372 e. The lowest BCUT2D eigenvalue weighted by molar-refractivity contribution is 0.942. The Hall–Kier alpha value is -1.72. The predicted molar refractivity (Wildman–Crippen MR) is 78.2 cm³/mol. The normalized spacial score (nSPS) is 19.8. The molecule has 0 bridgehead atoms. The minimum Gasteiger partial charge on any atom is -0.372 e. The predicted octanol–water partition coefficient (Wildman–Crippen LogP) is -0.221. The third kappa shape index (κ3) is 6.78. The Kier molecular flexibility index (Phi) is 6.68. The molecule has 0 aromatic carbocycles. The van der Waals surface area contributed by atoms with Crippen molar-refractivity contribution in [3.8, 4) is 0 Å². The molecule has 18 heavy (non-hydrogen) atoms. The number of nitrogens with zero attached hydrogens (tertiary/aromatic N) is 2. The first-order chi connectivity index (χ1) is 8.68. The van der Waals surface area contributed by atoms with Gasteiger partial charge in [0.2, 0.25) is 0 Å². The molecule has 3 rings (SSSR count). The van der Waals surface area contributed by atoms with Gasteiger partial charge in [-0.3, -0.25) is 9.98 Å². The van der Waals surface area contributed by atoms with Crippen molar-refractivity contribution in [1.29, 1.82) is 0 Å². The first kappa shape index (κ1) is 14.3. The number of aliphatic imine (C=N–C) groups is 2. The molecule has 1 fully saturated rings. The molecule has 0 unspecified atom stereocenters. The molecule has 3 aliphatic heterocycles. The van der Waals surface area contributed by atoms with Crippen LogP contribution < -0.4 is 21.3 Å². The fraction of sp³-hybridized carbons (Fsp3) is 0.667. The molecule has 3 heterocycles. The highest BCUT2D eigenvalue weighted by molar-refractivity contribution is 5.81. The van der Waals surface area contributed by atoms with Gasteiger partial charge in [0.05, 0.1) is 30.6 Å². The summed E-state index contributed by atoms with van der Waals surface area (Å²) in [5.74, 6) is 3.11. The fourth-order valence-corrected chi connectivity index (χ4v) is 1.52. The molecule has 102 valence electrons. The summed E-state index contributed by atoms with van der Waals surface area (Å²) in [7, 11) is 0. The first-order valence-electron chi connectivity index (χ1n) is 6.35. The second kappa shape index (κ2) is 8.38. The minimum absolute atomic E-state index is 0. The Morgan fingerprint density at radius 2 is 1.28 bits per heavy atom. The van der Waals surface area contributed by atoms with E-state index in [4.69, 9.17) is 0 Å². The van der Waals surface area contributed by atoms with Crippen LogP contribution in [0.3, 0.4) is 0 Å². The topological polar surface area (TPSA) is 72.8 Å². The molecule has 0 saturated carbocycles. The van der Waals surface area contributed by atoms with E-state index in [1.54, 1.807) is 0 Å². The van der Waals surface area contributed by atoms with Gasteiger partial charge in [-0.2, -0.15) is 0 Å². The van der Waals surface area contributed by atoms with E-state index >= 15 is 0 Å². The van der Waals surface area contributed by atoms with Crippen LogP contribution in [0.2, 0.25) is 0 Å². The zero-order chi connectivity index (χ0) is 13.2. The number of rotatable bonds is 0. The molecule has 0 amide bonds. The van der Waals surface area contributed by atoms with E-state index in [0.717, 1.165) is 56.8 Å². The first-order valence-corrected chi connectivity index (χ1v) is 6.35. The van der Waals surface area contributed by atoms with Gasteiger partial charge >= 0.3 is 1.43 Å². The zero-order valence-electron chi connectivity index (χ0n) is 12.3. The van der Waals surface area contributed by atoms with Crippen LogP contribution in [0, 0.1) is 0 Å². The van der Waals surface area contributed by atoms with Crippen molar-refractivity contribution in [3.63, 3.8) is 0 Å². The second-order valence-electron chi connectivity index (χ2n) is 4.12. The van der Waals surface area contributed by atoms with Crippen molar-refractivity contribution >= 4 is 11.7 Å². The van der Waals surface area contributed by atoms with E-state index in [9.17, 15) is 0 Å². The molecule has 0 spiro atoms. The van der Waals surface area contributed by atoms with E-state index in [1.165, 1.54) is 0 Å². The molecule has 0 atom stereocenters. The lowest BCUT2D eigenvalue weighted by Crippen LogP contribution is -2.13. The molecule has 0 aromatic heterocycles. The Bertz CT molecular complexity index is 296. The van der Waals surface area contributed by atoms with Crippen molar-refractivity contribution in [2.24, 2.45) is 9.98 Å². The summed E-state index contributed by atoms with van der Waals surface area (Å²) < 4.78 is 0. The lowest BCUT2D eigenvalue weighted by atomic mass is 10.7. The highest BCUT2D eigenvalue weighted by Crippen LogP contribution is 1.80. The molecule has 0 aliphatic carbocycles. The lowest BCUT2D eigenvalue weighted by Gasteiger charge is -1.89. The monoisotopic (exact) mass is 253 g/mol. The summed E-state index contributed by atoms with van der Waals surface area (Å²) in [5, 5.41) is 12.2. The molecule has 6 nitrogen and oxygen atoms in total. The van der Waals surface area contributed by atoms with Crippen LogP contribution in [-0.2, 0) is 0 Å². The van der Waals surface area contributed by atoms with E-state index in [2.05, 4.69) is 37.8 Å². The Morgan fingerprint density at radius 3 is 1.39 bits per heavy atom. The van der Waals surface area contributed by atoms with Crippen LogP contribution in [0.25, 0.3) is 0 Å². The van der Waals surface area contributed by atoms with Gasteiger partial charge in [-0.25, -0.2) is 0 Å². The average molecular weight is 253 g/mol. The van der Waals surface area contributed by atoms with Crippen LogP contribution in [0.4, 0.5) is 0 Å². The molecule has 0 aromatic rings. The largest absolute Gasteiger partial charge is 1.00 e. The summed E-state index contributed by atoms with van der Waals surface area (Å²) in [4.78, 5) is 8.08. The highest BCUT2D eigenvalue weighted by atomic mass is 15.1. The van der Waals surface area contributed by atoms with Crippen molar-refractivity contribution < 1.29 is 1.43 Å². The summed E-state index contributed by atoms with van der Waals surface area (Å²) in [6, 6.07) is 0. The van der Waals surface area contributed by atoms with Gasteiger partial charge in [0.1, 0.15) is 0 Å². The number of hydrogen-bond donors (Lipinski definition) is 4. The SMILES string of the molecule is C=C1NCCN1.CC1=NCCN1.CC1=NCCN1.[H+]. The van der Waals surface area contributed by atoms with E-state index < -0.39 is 0 Å². The quantitative estimate of drug-likeness (QED) is 0.481. The van der Waals surface area contributed by atoms with Crippen LogP contribution in [0.15, 0.2) is 22.4 Å². The molecule has 0 radical (unpaired) electrons. The van der Waals surface area contributed by atoms with E-state index in [0.29, 0.717) is 0 Å². The van der Waals surface area contributed by atoms with Crippen LogP contribution in [0.5, 0.6) is 0 Å². The average Bonchev–Trinajstić information content (AvgIpc) is 3.05. The van der Waals surface area contributed by atoms with Crippen molar-refractivity contribution in [3.05, 3.63) is 12.4 Å². The zero-order valence-corrected chi connectivity index (χ0v) is 11.3. The molecular weight excluding hydrogens is 228 g/mol. The van der Waals surface area contributed by atoms with E-state index in [-0.39, 0.29) is 1.43 Å². The van der Waals surface area contributed by atoms with Gasteiger partial charge < -0.3 is 21.3 Å². The van der Waals surface area contributed by atoms with Crippen molar-refractivity contribution in [1.82, 2.24) is 21.3 Å². The molecule has 3 aliphatic rings. The van der Waals surface area contributed by atoms with E-state index in [1.807, 2.05) is 13.8 Å². The standard InChI is InChI=1S/3C4H8N2/c3*1-4-5-2-3-6-4/h2*2-3H2,1H3,(H,5,6);5-6H,1-3H2/p+1. The summed E-state index contributed by atoms with van der Waals surface area (Å²) in [6.07, 6.45) is 0. The Balaban J connectivity index is 0.000000249. The van der Waals surface area contributed by atoms with Gasteiger partial charge in [0.15, 0.2) is 0 Å². The van der Waals surface area contributed by atoms with Crippen LogP contribution in [-0.4, -0.2) is 50.9 Å². The van der Waals surface area contributed by atoms with Gasteiger partial charge in [0, 0.05) is 26.2 Å². The summed E-state index contributed by atoms with van der Waals surface area (Å²) in [5.41, 5.74) is 0. The summed E-state index contributed by atoms with van der Waals surface area (Å²) in [6.45, 7) is 13.6. The van der Waals surface area contributed by atoms with Gasteiger partial charge in [-0.15, -0.1) is 0 Å². The third-order valence-corrected chi connectivity index (χ3v) is 2.48. The highest BCUT2D eigenvalue weighted by Gasteiger charge is 1.96. The minimum atomic E-state index is 0.